The van der Waals surface area contributed by atoms with Crippen LogP contribution in [-0.4, -0.2) is 26.0 Å². The van der Waals surface area contributed by atoms with Gasteiger partial charge >= 0.3 is 0 Å². The van der Waals surface area contributed by atoms with Gasteiger partial charge in [0.1, 0.15) is 5.69 Å². The Hall–Kier alpha value is -2.34. The van der Waals surface area contributed by atoms with Crippen LogP contribution in [0.3, 0.4) is 0 Å². The van der Waals surface area contributed by atoms with Gasteiger partial charge in [-0.15, -0.1) is 11.3 Å². The number of nitrogens with zero attached hydrogens (tertiary/aromatic N) is 4. The van der Waals surface area contributed by atoms with Crippen LogP contribution in [0.4, 0.5) is 0 Å². The topological polar surface area (TPSA) is 60.7 Å². The number of aryl methyl sites for hydroxylation is 1. The molecule has 0 spiro atoms. The first-order valence-corrected chi connectivity index (χ1v) is 6.54. The fraction of sp³-hybridized carbons (Fsp3) is 0.0769. The molecular weight excluding hydrogens is 260 g/mol. The fourth-order valence-electron chi connectivity index (χ4n) is 1.78. The SMILES string of the molecule is Cc1ccsc1-c1nn(-c2ncccn2)cc1C=O. The van der Waals surface area contributed by atoms with Crippen LogP contribution >= 0.6 is 11.3 Å². The second kappa shape index (κ2) is 4.74. The van der Waals surface area contributed by atoms with Gasteiger partial charge < -0.3 is 0 Å². The Bertz CT molecular complexity index is 717. The molecule has 3 rings (SSSR count). The number of aldehydes is 1. The van der Waals surface area contributed by atoms with E-state index in [0.717, 1.165) is 16.7 Å². The second-order valence-corrected chi connectivity index (χ2v) is 4.89. The van der Waals surface area contributed by atoms with Crippen LogP contribution in [0.15, 0.2) is 36.1 Å². The van der Waals surface area contributed by atoms with Gasteiger partial charge in [-0.2, -0.15) is 5.10 Å². The molecule has 19 heavy (non-hydrogen) atoms. The zero-order chi connectivity index (χ0) is 13.2. The smallest absolute Gasteiger partial charge is 0.250 e. The summed E-state index contributed by atoms with van der Waals surface area (Å²) in [6.45, 7) is 2.00. The molecule has 0 N–H and O–H groups in total. The van der Waals surface area contributed by atoms with Gasteiger partial charge in [0, 0.05) is 18.6 Å². The molecule has 0 aliphatic heterocycles. The predicted molar refractivity (Wildman–Crippen MR) is 72.6 cm³/mol. The van der Waals surface area contributed by atoms with E-state index in [-0.39, 0.29) is 0 Å². The summed E-state index contributed by atoms with van der Waals surface area (Å²) >= 11 is 1.57. The third kappa shape index (κ3) is 2.06. The van der Waals surface area contributed by atoms with Gasteiger partial charge in [0.2, 0.25) is 5.95 Å². The van der Waals surface area contributed by atoms with E-state index in [0.29, 0.717) is 17.2 Å². The Morgan fingerprint density at radius 1 is 1.32 bits per heavy atom. The summed E-state index contributed by atoms with van der Waals surface area (Å²) in [6, 6.07) is 3.74. The largest absolute Gasteiger partial charge is 0.298 e. The molecule has 3 heterocycles. The second-order valence-electron chi connectivity index (χ2n) is 3.98. The molecule has 0 unspecified atom stereocenters. The molecule has 0 aromatic carbocycles. The van der Waals surface area contributed by atoms with E-state index < -0.39 is 0 Å². The molecule has 0 saturated heterocycles. The number of thiophene rings is 1. The molecule has 0 aliphatic rings. The van der Waals surface area contributed by atoms with Crippen molar-refractivity contribution in [2.45, 2.75) is 6.92 Å². The molecule has 0 fully saturated rings. The Morgan fingerprint density at radius 3 is 2.74 bits per heavy atom. The van der Waals surface area contributed by atoms with E-state index >= 15 is 0 Å². The van der Waals surface area contributed by atoms with Crippen LogP contribution in [0.1, 0.15) is 15.9 Å². The summed E-state index contributed by atoms with van der Waals surface area (Å²) in [4.78, 5) is 20.4. The Labute approximate surface area is 113 Å². The lowest BCUT2D eigenvalue weighted by molar-refractivity contribution is 0.112. The van der Waals surface area contributed by atoms with Crippen molar-refractivity contribution in [1.29, 1.82) is 0 Å². The fourth-order valence-corrected chi connectivity index (χ4v) is 2.71. The van der Waals surface area contributed by atoms with Crippen LogP contribution in [0.25, 0.3) is 16.5 Å². The van der Waals surface area contributed by atoms with Crippen LogP contribution in [0, 0.1) is 6.92 Å². The molecule has 94 valence electrons. The molecular formula is C13H10N4OS. The highest BCUT2D eigenvalue weighted by Gasteiger charge is 2.15. The highest BCUT2D eigenvalue weighted by molar-refractivity contribution is 7.13. The maximum atomic E-state index is 11.2. The van der Waals surface area contributed by atoms with Crippen molar-refractivity contribution < 1.29 is 4.79 Å². The van der Waals surface area contributed by atoms with Gasteiger partial charge in [-0.05, 0) is 30.0 Å². The molecule has 0 saturated carbocycles. The van der Waals surface area contributed by atoms with Crippen molar-refractivity contribution in [2.75, 3.05) is 0 Å². The molecule has 0 atom stereocenters. The quantitative estimate of drug-likeness (QED) is 0.686. The zero-order valence-corrected chi connectivity index (χ0v) is 11.0. The molecule has 3 aromatic rings. The van der Waals surface area contributed by atoms with E-state index in [1.54, 1.807) is 36.0 Å². The van der Waals surface area contributed by atoms with Crippen molar-refractivity contribution in [1.82, 2.24) is 19.7 Å². The number of carbonyl (C=O) groups is 1. The highest BCUT2D eigenvalue weighted by atomic mass is 32.1. The van der Waals surface area contributed by atoms with Crippen LogP contribution in [0.5, 0.6) is 0 Å². The van der Waals surface area contributed by atoms with Gasteiger partial charge in [0.25, 0.3) is 0 Å². The van der Waals surface area contributed by atoms with Crippen molar-refractivity contribution in [3.8, 4) is 16.5 Å². The molecule has 0 bridgehead atoms. The summed E-state index contributed by atoms with van der Waals surface area (Å²) in [5.41, 5.74) is 2.32. The van der Waals surface area contributed by atoms with E-state index in [1.165, 1.54) is 4.68 Å². The summed E-state index contributed by atoms with van der Waals surface area (Å²) in [6.07, 6.45) is 5.74. The first-order valence-electron chi connectivity index (χ1n) is 5.66. The Morgan fingerprint density at radius 2 is 2.11 bits per heavy atom. The first-order chi connectivity index (χ1) is 9.29. The monoisotopic (exact) mass is 270 g/mol. The molecule has 0 aliphatic carbocycles. The van der Waals surface area contributed by atoms with Crippen LogP contribution in [-0.2, 0) is 0 Å². The van der Waals surface area contributed by atoms with E-state index in [1.807, 2.05) is 18.4 Å². The maximum absolute atomic E-state index is 11.2. The first kappa shape index (κ1) is 11.7. The molecule has 6 heteroatoms. The standard InChI is InChI=1S/C13H10N4OS/c1-9-3-6-19-12(9)11-10(8-18)7-17(16-11)13-14-4-2-5-15-13/h2-8H,1H3. The van der Waals surface area contributed by atoms with Gasteiger partial charge in [0.15, 0.2) is 6.29 Å². The van der Waals surface area contributed by atoms with E-state index in [9.17, 15) is 4.79 Å². The normalized spacial score (nSPS) is 10.6. The van der Waals surface area contributed by atoms with Gasteiger partial charge in [0.05, 0.1) is 10.4 Å². The number of carbonyl (C=O) groups excluding carboxylic acids is 1. The zero-order valence-electron chi connectivity index (χ0n) is 10.1. The van der Waals surface area contributed by atoms with Crippen molar-refractivity contribution in [3.63, 3.8) is 0 Å². The molecule has 3 aromatic heterocycles. The lowest BCUT2D eigenvalue weighted by Gasteiger charge is -1.97. The molecule has 0 amide bonds. The highest BCUT2D eigenvalue weighted by Crippen LogP contribution is 2.30. The van der Waals surface area contributed by atoms with E-state index in [4.69, 9.17) is 0 Å². The van der Waals surface area contributed by atoms with Gasteiger partial charge in [-0.25, -0.2) is 14.6 Å². The number of hydrogen-bond acceptors (Lipinski definition) is 5. The minimum absolute atomic E-state index is 0.450. The molecule has 5 nitrogen and oxygen atoms in total. The van der Waals surface area contributed by atoms with Crippen molar-refractivity contribution in [2.24, 2.45) is 0 Å². The van der Waals surface area contributed by atoms with E-state index in [2.05, 4.69) is 15.1 Å². The lowest BCUT2D eigenvalue weighted by Crippen LogP contribution is -2.00. The predicted octanol–water partition coefficient (Wildman–Crippen LogP) is 2.51. The lowest BCUT2D eigenvalue weighted by atomic mass is 10.2. The maximum Gasteiger partial charge on any atom is 0.250 e. The van der Waals surface area contributed by atoms with Crippen molar-refractivity contribution in [3.05, 3.63) is 47.2 Å². The summed E-state index contributed by atoms with van der Waals surface area (Å²) < 4.78 is 1.53. The Kier molecular flexibility index (Phi) is 2.92. The number of rotatable bonds is 3. The summed E-state index contributed by atoms with van der Waals surface area (Å²) in [7, 11) is 0. The van der Waals surface area contributed by atoms with Gasteiger partial charge in [-0.3, -0.25) is 4.79 Å². The minimum Gasteiger partial charge on any atom is -0.298 e. The van der Waals surface area contributed by atoms with Crippen LogP contribution < -0.4 is 0 Å². The van der Waals surface area contributed by atoms with Crippen LogP contribution in [0.2, 0.25) is 0 Å². The van der Waals surface area contributed by atoms with Crippen molar-refractivity contribution >= 4 is 17.6 Å². The minimum atomic E-state index is 0.450. The summed E-state index contributed by atoms with van der Waals surface area (Å²) in [5.74, 6) is 0.450. The third-order valence-electron chi connectivity index (χ3n) is 2.70. The average Bonchev–Trinajstić information content (AvgIpc) is 3.05. The average molecular weight is 270 g/mol. The molecule has 0 radical (unpaired) electrons. The Balaban J connectivity index is 2.15. The van der Waals surface area contributed by atoms with Gasteiger partial charge in [-0.1, -0.05) is 0 Å². The third-order valence-corrected chi connectivity index (χ3v) is 3.73. The summed E-state index contributed by atoms with van der Waals surface area (Å²) in [5, 5.41) is 6.41. The number of hydrogen-bond donors (Lipinski definition) is 0. The number of aromatic nitrogens is 4.